The summed E-state index contributed by atoms with van der Waals surface area (Å²) in [4.78, 5) is 23.5. The number of rotatable bonds is 10. The highest BCUT2D eigenvalue weighted by molar-refractivity contribution is 7.99. The van der Waals surface area contributed by atoms with Crippen molar-refractivity contribution in [3.8, 4) is 0 Å². The predicted molar refractivity (Wildman–Crippen MR) is 108 cm³/mol. The second-order valence-electron chi connectivity index (χ2n) is 7.87. The third-order valence-electron chi connectivity index (χ3n) is 4.08. The topological polar surface area (TPSA) is 87.7 Å². The molecule has 6 nitrogen and oxygen atoms in total. The third kappa shape index (κ3) is 8.67. The van der Waals surface area contributed by atoms with Crippen molar-refractivity contribution < 1.29 is 19.4 Å². The fourth-order valence-electron chi connectivity index (χ4n) is 2.52. The van der Waals surface area contributed by atoms with Crippen LogP contribution in [0.5, 0.6) is 0 Å². The molecule has 7 heteroatoms. The molecule has 1 aliphatic carbocycles. The Morgan fingerprint density at radius 3 is 2.48 bits per heavy atom. The minimum atomic E-state index is -1.06. The molecule has 0 spiro atoms. The minimum absolute atomic E-state index is 0.118. The lowest BCUT2D eigenvalue weighted by molar-refractivity contribution is -0.138. The zero-order valence-corrected chi connectivity index (χ0v) is 17.1. The summed E-state index contributed by atoms with van der Waals surface area (Å²) in [6, 6.07) is 9.03. The number of carboxylic acid groups (broad SMARTS) is 1. The molecule has 27 heavy (non-hydrogen) atoms. The van der Waals surface area contributed by atoms with E-state index >= 15 is 0 Å². The van der Waals surface area contributed by atoms with Crippen molar-refractivity contribution in [3.05, 3.63) is 35.9 Å². The van der Waals surface area contributed by atoms with Crippen LogP contribution < -0.4 is 10.6 Å². The largest absolute Gasteiger partial charge is 0.480 e. The smallest absolute Gasteiger partial charge is 0.408 e. The van der Waals surface area contributed by atoms with Crippen molar-refractivity contribution in [1.82, 2.24) is 10.6 Å². The number of ether oxygens (including phenoxy) is 1. The average Bonchev–Trinajstić information content (AvgIpc) is 3.40. The van der Waals surface area contributed by atoms with Crippen LogP contribution in [0.25, 0.3) is 0 Å². The van der Waals surface area contributed by atoms with Crippen molar-refractivity contribution in [2.75, 3.05) is 18.8 Å². The van der Waals surface area contributed by atoms with Crippen molar-refractivity contribution in [2.24, 2.45) is 5.92 Å². The van der Waals surface area contributed by atoms with Crippen molar-refractivity contribution >= 4 is 23.8 Å². The molecule has 2 atom stereocenters. The van der Waals surface area contributed by atoms with Crippen LogP contribution in [0.4, 0.5) is 4.79 Å². The number of amides is 1. The van der Waals surface area contributed by atoms with E-state index in [4.69, 9.17) is 4.74 Å². The van der Waals surface area contributed by atoms with Gasteiger partial charge in [0.05, 0.1) is 0 Å². The quantitative estimate of drug-likeness (QED) is 0.563. The Balaban J connectivity index is 1.92. The Morgan fingerprint density at radius 2 is 1.93 bits per heavy atom. The molecule has 0 heterocycles. The van der Waals surface area contributed by atoms with E-state index in [0.29, 0.717) is 0 Å². The van der Waals surface area contributed by atoms with Gasteiger partial charge in [0.15, 0.2) is 0 Å². The second kappa shape index (κ2) is 9.99. The first-order chi connectivity index (χ1) is 12.7. The van der Waals surface area contributed by atoms with Crippen LogP contribution in [0.15, 0.2) is 30.3 Å². The van der Waals surface area contributed by atoms with Gasteiger partial charge in [0, 0.05) is 17.5 Å². The van der Waals surface area contributed by atoms with Crippen LogP contribution >= 0.6 is 11.8 Å². The van der Waals surface area contributed by atoms with Crippen LogP contribution in [0.1, 0.15) is 44.4 Å². The van der Waals surface area contributed by atoms with Crippen LogP contribution in [0.3, 0.4) is 0 Å². The number of nitrogens with one attached hydrogen (secondary N) is 2. The summed E-state index contributed by atoms with van der Waals surface area (Å²) < 4.78 is 5.17. The van der Waals surface area contributed by atoms with Gasteiger partial charge in [-0.15, -0.1) is 11.8 Å². The monoisotopic (exact) mass is 394 g/mol. The number of aliphatic carboxylic acids is 1. The molecule has 0 aliphatic heterocycles. The normalized spacial score (nSPS) is 16.4. The van der Waals surface area contributed by atoms with Gasteiger partial charge in [0.2, 0.25) is 0 Å². The maximum Gasteiger partial charge on any atom is 0.408 e. The van der Waals surface area contributed by atoms with Gasteiger partial charge in [-0.3, -0.25) is 0 Å². The average molecular weight is 395 g/mol. The Labute approximate surface area is 165 Å². The highest BCUT2D eigenvalue weighted by Crippen LogP contribution is 2.30. The first kappa shape index (κ1) is 21.6. The SMILES string of the molecule is CC(C)(C)OC(=O)N[C@H](CSC(CNCC1CC1)c1ccccc1)C(=O)O. The molecule has 0 bridgehead atoms. The number of hydrogen-bond acceptors (Lipinski definition) is 5. The summed E-state index contributed by atoms with van der Waals surface area (Å²) in [6.45, 7) is 7.00. The van der Waals surface area contributed by atoms with Gasteiger partial charge in [-0.2, -0.15) is 0 Å². The zero-order chi connectivity index (χ0) is 19.9. The minimum Gasteiger partial charge on any atom is -0.480 e. The number of alkyl carbamates (subject to hydrolysis) is 1. The van der Waals surface area contributed by atoms with Gasteiger partial charge in [-0.05, 0) is 51.6 Å². The van der Waals surface area contributed by atoms with Crippen LogP contribution in [0, 0.1) is 5.92 Å². The van der Waals surface area contributed by atoms with E-state index in [1.807, 2.05) is 30.3 Å². The molecule has 1 fully saturated rings. The van der Waals surface area contributed by atoms with Gasteiger partial charge < -0.3 is 20.5 Å². The van der Waals surface area contributed by atoms with E-state index in [1.54, 1.807) is 20.8 Å². The molecular formula is C20H30N2O4S. The third-order valence-corrected chi connectivity index (χ3v) is 5.45. The van der Waals surface area contributed by atoms with Crippen LogP contribution in [-0.4, -0.2) is 47.7 Å². The van der Waals surface area contributed by atoms with E-state index in [9.17, 15) is 14.7 Å². The molecule has 1 aromatic carbocycles. The Hall–Kier alpha value is -1.73. The summed E-state index contributed by atoms with van der Waals surface area (Å²) in [5.74, 6) is -0.0164. The fourth-order valence-corrected chi connectivity index (χ4v) is 3.75. The van der Waals surface area contributed by atoms with Crippen molar-refractivity contribution in [2.45, 2.75) is 50.5 Å². The summed E-state index contributed by atoms with van der Waals surface area (Å²) in [5, 5.41) is 15.5. The molecule has 0 saturated heterocycles. The number of thioether (sulfide) groups is 1. The van der Waals surface area contributed by atoms with E-state index in [-0.39, 0.29) is 11.0 Å². The van der Waals surface area contributed by atoms with Crippen molar-refractivity contribution in [3.63, 3.8) is 0 Å². The molecule has 0 aromatic heterocycles. The molecule has 1 saturated carbocycles. The van der Waals surface area contributed by atoms with E-state index in [2.05, 4.69) is 10.6 Å². The lowest BCUT2D eigenvalue weighted by Gasteiger charge is -2.23. The number of carbonyl (C=O) groups excluding carboxylic acids is 1. The molecule has 0 radical (unpaired) electrons. The molecule has 1 aromatic rings. The Morgan fingerprint density at radius 1 is 1.26 bits per heavy atom. The van der Waals surface area contributed by atoms with E-state index in [1.165, 1.54) is 24.6 Å². The van der Waals surface area contributed by atoms with Gasteiger partial charge in [0.1, 0.15) is 11.6 Å². The lowest BCUT2D eigenvalue weighted by atomic mass is 10.1. The Bertz CT molecular complexity index is 614. The number of carbonyl (C=O) groups is 2. The fraction of sp³-hybridized carbons (Fsp3) is 0.600. The van der Waals surface area contributed by atoms with E-state index < -0.39 is 23.7 Å². The van der Waals surface area contributed by atoms with E-state index in [0.717, 1.165) is 24.6 Å². The number of hydrogen-bond donors (Lipinski definition) is 3. The van der Waals surface area contributed by atoms with Crippen LogP contribution in [-0.2, 0) is 9.53 Å². The first-order valence-electron chi connectivity index (χ1n) is 9.34. The molecule has 1 unspecified atom stereocenters. The van der Waals surface area contributed by atoms with Gasteiger partial charge in [-0.25, -0.2) is 9.59 Å². The first-order valence-corrected chi connectivity index (χ1v) is 10.4. The zero-order valence-electron chi connectivity index (χ0n) is 16.2. The Kier molecular flexibility index (Phi) is 7.98. The molecule has 1 aliphatic rings. The van der Waals surface area contributed by atoms with Crippen LogP contribution in [0.2, 0.25) is 0 Å². The lowest BCUT2D eigenvalue weighted by Crippen LogP contribution is -2.45. The van der Waals surface area contributed by atoms with Crippen molar-refractivity contribution in [1.29, 1.82) is 0 Å². The summed E-state index contributed by atoms with van der Waals surface area (Å²) >= 11 is 1.53. The maximum atomic E-state index is 11.9. The van der Waals surface area contributed by atoms with Gasteiger partial charge in [-0.1, -0.05) is 30.3 Å². The predicted octanol–water partition coefficient (Wildman–Crippen LogP) is 3.44. The molecular weight excluding hydrogens is 364 g/mol. The molecule has 1 amide bonds. The number of carboxylic acids is 1. The molecule has 150 valence electrons. The molecule has 2 rings (SSSR count). The summed E-state index contributed by atoms with van der Waals surface area (Å²) in [6.07, 6.45) is 1.87. The highest BCUT2D eigenvalue weighted by atomic mass is 32.2. The summed E-state index contributed by atoms with van der Waals surface area (Å²) in [5.41, 5.74) is 0.478. The second-order valence-corrected chi connectivity index (χ2v) is 9.11. The maximum absolute atomic E-state index is 11.9. The number of benzene rings is 1. The summed E-state index contributed by atoms with van der Waals surface area (Å²) in [7, 11) is 0. The molecule has 3 N–H and O–H groups in total. The highest BCUT2D eigenvalue weighted by Gasteiger charge is 2.26. The van der Waals surface area contributed by atoms with Gasteiger partial charge in [0.25, 0.3) is 0 Å². The standard InChI is InChI=1S/C20H30N2O4S/c1-20(2,3)26-19(25)22-16(18(23)24)13-27-17(12-21-11-14-9-10-14)15-7-5-4-6-8-15/h4-8,14,16-17,21H,9-13H2,1-3H3,(H,22,25)(H,23,24)/t16-,17?/m1/s1. The van der Waals surface area contributed by atoms with Gasteiger partial charge >= 0.3 is 12.1 Å².